The number of nitro groups is 1. The van der Waals surface area contributed by atoms with E-state index < -0.39 is 4.92 Å². The molecular weight excluding hydrogens is 158 g/mol. The first kappa shape index (κ1) is 8.01. The van der Waals surface area contributed by atoms with Gasteiger partial charge in [0.05, 0.1) is 10.5 Å². The van der Waals surface area contributed by atoms with E-state index in [1.54, 1.807) is 0 Å². The van der Waals surface area contributed by atoms with Crippen LogP contribution in [0.15, 0.2) is 12.4 Å². The summed E-state index contributed by atoms with van der Waals surface area (Å²) in [7, 11) is 0. The monoisotopic (exact) mass is 163 g/mol. The van der Waals surface area contributed by atoms with Crippen LogP contribution in [0.3, 0.4) is 0 Å². The third-order valence-electron chi connectivity index (χ3n) is 1.32. The molecule has 1 heterocycles. The SMILES string of the molecule is C#Cc1cncc([N+](=O)[O-])c1N. The molecule has 5 heteroatoms. The van der Waals surface area contributed by atoms with Gasteiger partial charge in [-0.2, -0.15) is 0 Å². The Morgan fingerprint density at radius 1 is 1.67 bits per heavy atom. The molecule has 2 N–H and O–H groups in total. The lowest BCUT2D eigenvalue weighted by molar-refractivity contribution is -0.384. The Morgan fingerprint density at radius 2 is 2.33 bits per heavy atom. The molecule has 0 aliphatic heterocycles. The maximum Gasteiger partial charge on any atom is 0.311 e. The van der Waals surface area contributed by atoms with E-state index in [-0.39, 0.29) is 16.9 Å². The molecule has 0 aliphatic rings. The average Bonchev–Trinajstić information content (AvgIpc) is 2.04. The van der Waals surface area contributed by atoms with Crippen LogP contribution in [-0.2, 0) is 0 Å². The van der Waals surface area contributed by atoms with Crippen molar-refractivity contribution in [3.63, 3.8) is 0 Å². The minimum Gasteiger partial charge on any atom is -0.392 e. The lowest BCUT2D eigenvalue weighted by atomic mass is 10.2. The molecule has 12 heavy (non-hydrogen) atoms. The Balaban J connectivity index is 3.35. The molecule has 1 aromatic heterocycles. The molecule has 0 atom stereocenters. The number of nitrogen functional groups attached to an aromatic ring is 1. The van der Waals surface area contributed by atoms with Gasteiger partial charge in [0.1, 0.15) is 11.9 Å². The van der Waals surface area contributed by atoms with Gasteiger partial charge in [-0.15, -0.1) is 6.42 Å². The van der Waals surface area contributed by atoms with E-state index in [1.165, 1.54) is 6.20 Å². The van der Waals surface area contributed by atoms with Crippen LogP contribution in [-0.4, -0.2) is 9.91 Å². The summed E-state index contributed by atoms with van der Waals surface area (Å²) in [6.45, 7) is 0. The van der Waals surface area contributed by atoms with Gasteiger partial charge in [-0.3, -0.25) is 15.1 Å². The maximum absolute atomic E-state index is 10.3. The Labute approximate surface area is 68.4 Å². The number of terminal acetylenes is 1. The third kappa shape index (κ3) is 1.18. The van der Waals surface area contributed by atoms with Crippen molar-refractivity contribution in [2.24, 2.45) is 0 Å². The highest BCUT2D eigenvalue weighted by Crippen LogP contribution is 2.21. The molecule has 0 saturated carbocycles. The highest BCUT2D eigenvalue weighted by molar-refractivity contribution is 5.65. The minimum atomic E-state index is -0.622. The lowest BCUT2D eigenvalue weighted by Crippen LogP contribution is -1.98. The zero-order valence-electron chi connectivity index (χ0n) is 6.02. The normalized spacial score (nSPS) is 8.92. The van der Waals surface area contributed by atoms with E-state index in [0.29, 0.717) is 0 Å². The summed E-state index contributed by atoms with van der Waals surface area (Å²) in [4.78, 5) is 13.3. The fraction of sp³-hybridized carbons (Fsp3) is 0. The number of rotatable bonds is 1. The summed E-state index contributed by atoms with van der Waals surface area (Å²) < 4.78 is 0. The van der Waals surface area contributed by atoms with Gasteiger partial charge < -0.3 is 5.73 Å². The summed E-state index contributed by atoms with van der Waals surface area (Å²) >= 11 is 0. The van der Waals surface area contributed by atoms with Gasteiger partial charge in [-0.1, -0.05) is 5.92 Å². The van der Waals surface area contributed by atoms with Gasteiger partial charge in [-0.05, 0) is 0 Å². The number of nitrogens with zero attached hydrogens (tertiary/aromatic N) is 2. The number of pyridine rings is 1. The predicted molar refractivity (Wildman–Crippen MR) is 43.2 cm³/mol. The highest BCUT2D eigenvalue weighted by atomic mass is 16.6. The van der Waals surface area contributed by atoms with Crippen molar-refractivity contribution in [2.75, 3.05) is 5.73 Å². The molecule has 5 nitrogen and oxygen atoms in total. The molecule has 0 unspecified atom stereocenters. The zero-order chi connectivity index (χ0) is 9.14. The van der Waals surface area contributed by atoms with Crippen LogP contribution >= 0.6 is 0 Å². The third-order valence-corrected chi connectivity index (χ3v) is 1.32. The van der Waals surface area contributed by atoms with Crippen LogP contribution in [0.1, 0.15) is 5.56 Å². The fourth-order valence-electron chi connectivity index (χ4n) is 0.720. The van der Waals surface area contributed by atoms with Gasteiger partial charge in [-0.25, -0.2) is 0 Å². The Hall–Kier alpha value is -2.09. The van der Waals surface area contributed by atoms with Gasteiger partial charge in [0.15, 0.2) is 0 Å². The maximum atomic E-state index is 10.3. The van der Waals surface area contributed by atoms with Crippen molar-refractivity contribution in [3.05, 3.63) is 28.1 Å². The van der Waals surface area contributed by atoms with Crippen molar-refractivity contribution >= 4 is 11.4 Å². The van der Waals surface area contributed by atoms with Gasteiger partial charge >= 0.3 is 5.69 Å². The van der Waals surface area contributed by atoms with Crippen molar-refractivity contribution in [3.8, 4) is 12.3 Å². The summed E-state index contributed by atoms with van der Waals surface area (Å²) in [5.74, 6) is 2.20. The smallest absolute Gasteiger partial charge is 0.311 e. The lowest BCUT2D eigenvalue weighted by Gasteiger charge is -1.97. The number of anilines is 1. The van der Waals surface area contributed by atoms with Crippen molar-refractivity contribution in [1.29, 1.82) is 0 Å². The summed E-state index contributed by atoms with van der Waals surface area (Å²) in [5, 5.41) is 10.3. The molecule has 1 rings (SSSR count). The standard InChI is InChI=1S/C7H5N3O2/c1-2-5-3-9-4-6(7(5)8)10(11)12/h1,3-4H,(H2,8,9). The zero-order valence-corrected chi connectivity index (χ0v) is 6.02. The molecule has 0 fully saturated rings. The Bertz CT molecular complexity index is 367. The topological polar surface area (TPSA) is 82.0 Å². The molecule has 60 valence electrons. The van der Waals surface area contributed by atoms with Crippen LogP contribution in [0.25, 0.3) is 0 Å². The second-order valence-corrected chi connectivity index (χ2v) is 2.02. The molecule has 0 aliphatic carbocycles. The largest absolute Gasteiger partial charge is 0.392 e. The molecule has 1 aromatic rings. The first-order valence-electron chi connectivity index (χ1n) is 3.01. The van der Waals surface area contributed by atoms with Crippen LogP contribution in [0.4, 0.5) is 11.4 Å². The van der Waals surface area contributed by atoms with Crippen LogP contribution < -0.4 is 5.73 Å². The van der Waals surface area contributed by atoms with E-state index in [2.05, 4.69) is 10.9 Å². The molecular formula is C7H5N3O2. The van der Waals surface area contributed by atoms with E-state index in [4.69, 9.17) is 12.2 Å². The summed E-state index contributed by atoms with van der Waals surface area (Å²) in [5.41, 5.74) is 5.34. The molecule has 0 bridgehead atoms. The van der Waals surface area contributed by atoms with Crippen LogP contribution in [0.5, 0.6) is 0 Å². The average molecular weight is 163 g/mol. The molecule has 0 amide bonds. The van der Waals surface area contributed by atoms with E-state index in [1.807, 2.05) is 0 Å². The Kier molecular flexibility index (Phi) is 1.92. The predicted octanol–water partition coefficient (Wildman–Crippen LogP) is 0.553. The van der Waals surface area contributed by atoms with E-state index in [0.717, 1.165) is 6.20 Å². The fourth-order valence-corrected chi connectivity index (χ4v) is 0.720. The quantitative estimate of drug-likeness (QED) is 0.372. The molecule has 0 saturated heterocycles. The number of hydrogen-bond donors (Lipinski definition) is 1. The number of hydrogen-bond acceptors (Lipinski definition) is 4. The van der Waals surface area contributed by atoms with Crippen molar-refractivity contribution < 1.29 is 4.92 Å². The summed E-state index contributed by atoms with van der Waals surface area (Å²) in [6, 6.07) is 0. The second-order valence-electron chi connectivity index (χ2n) is 2.02. The van der Waals surface area contributed by atoms with Gasteiger partial charge in [0.25, 0.3) is 0 Å². The van der Waals surface area contributed by atoms with Gasteiger partial charge in [0.2, 0.25) is 0 Å². The Morgan fingerprint density at radius 3 is 2.83 bits per heavy atom. The second kappa shape index (κ2) is 2.88. The van der Waals surface area contributed by atoms with Gasteiger partial charge in [0, 0.05) is 6.20 Å². The molecule has 0 spiro atoms. The number of aromatic nitrogens is 1. The minimum absolute atomic E-state index is 0.0162. The highest BCUT2D eigenvalue weighted by Gasteiger charge is 2.13. The van der Waals surface area contributed by atoms with Crippen molar-refractivity contribution in [2.45, 2.75) is 0 Å². The van der Waals surface area contributed by atoms with Crippen molar-refractivity contribution in [1.82, 2.24) is 4.98 Å². The van der Waals surface area contributed by atoms with Crippen LogP contribution in [0.2, 0.25) is 0 Å². The molecule has 0 radical (unpaired) electrons. The van der Waals surface area contributed by atoms with E-state index >= 15 is 0 Å². The first-order chi connectivity index (χ1) is 5.66. The first-order valence-corrected chi connectivity index (χ1v) is 3.01. The number of nitrogens with two attached hydrogens (primary N) is 1. The van der Waals surface area contributed by atoms with E-state index in [9.17, 15) is 10.1 Å². The molecule has 0 aromatic carbocycles. The summed E-state index contributed by atoms with van der Waals surface area (Å²) in [6.07, 6.45) is 7.40. The van der Waals surface area contributed by atoms with Crippen LogP contribution in [0, 0.1) is 22.5 Å².